The predicted molar refractivity (Wildman–Crippen MR) is 90.8 cm³/mol. The second-order valence-electron chi connectivity index (χ2n) is 6.71. The fourth-order valence-corrected chi connectivity index (χ4v) is 3.54. The zero-order chi connectivity index (χ0) is 15.8. The van der Waals surface area contributed by atoms with E-state index in [4.69, 9.17) is 11.8 Å². The third kappa shape index (κ3) is 11.8. The summed E-state index contributed by atoms with van der Waals surface area (Å²) in [5.41, 5.74) is 0. The maximum Gasteiger partial charge on any atom is 0.0773 e. The van der Waals surface area contributed by atoms with Crippen molar-refractivity contribution < 1.29 is 4.90 Å². The van der Waals surface area contributed by atoms with Crippen LogP contribution < -0.4 is 4.90 Å². The number of quaternary nitrogens is 1. The van der Waals surface area contributed by atoms with Crippen molar-refractivity contribution in [1.29, 1.82) is 5.26 Å². The molecule has 1 rings (SSSR count). The minimum atomic E-state index is 1.06. The summed E-state index contributed by atoms with van der Waals surface area (Å²) >= 11 is 0. The van der Waals surface area contributed by atoms with E-state index in [1.807, 2.05) is 4.90 Å². The molecular weight excluding hydrogens is 256 g/mol. The van der Waals surface area contributed by atoms with Crippen LogP contribution in [0.2, 0.25) is 0 Å². The lowest BCUT2D eigenvalue weighted by Crippen LogP contribution is -3.13. The summed E-state index contributed by atoms with van der Waals surface area (Å²) in [4.78, 5) is 1.90. The van der Waals surface area contributed by atoms with Crippen molar-refractivity contribution in [3.05, 3.63) is 6.57 Å². The monoisotopic (exact) mass is 294 g/mol. The minimum Gasteiger partial charge on any atom is -0.512 e. The van der Waals surface area contributed by atoms with Crippen molar-refractivity contribution in [2.75, 3.05) is 19.6 Å². The molecule has 0 saturated carbocycles. The molecule has 1 aliphatic rings. The number of hydrogen-bond acceptors (Lipinski definition) is 1. The number of piperidine rings is 1. The number of likely N-dealkylation sites (tertiary alicyclic amines) is 1. The van der Waals surface area contributed by atoms with Gasteiger partial charge in [-0.05, 0) is 31.6 Å². The first-order valence-corrected chi connectivity index (χ1v) is 9.42. The Morgan fingerprint density at radius 2 is 1.33 bits per heavy atom. The molecular formula is C19H38N2. The topological polar surface area (TPSA) is 28.2 Å². The Morgan fingerprint density at radius 1 is 0.810 bits per heavy atom. The van der Waals surface area contributed by atoms with E-state index in [2.05, 4.69) is 13.8 Å². The molecule has 2 heteroatoms. The van der Waals surface area contributed by atoms with E-state index >= 15 is 0 Å². The van der Waals surface area contributed by atoms with Crippen molar-refractivity contribution in [3.8, 4) is 0 Å². The van der Waals surface area contributed by atoms with E-state index in [0.29, 0.717) is 0 Å². The Kier molecular flexibility index (Phi) is 15.4. The molecule has 21 heavy (non-hydrogen) atoms. The normalized spacial score (nSPS) is 21.5. The van der Waals surface area contributed by atoms with Gasteiger partial charge in [-0.1, -0.05) is 65.2 Å². The van der Waals surface area contributed by atoms with Gasteiger partial charge in [0.1, 0.15) is 0 Å². The van der Waals surface area contributed by atoms with Gasteiger partial charge >= 0.3 is 0 Å². The standard InChI is InChI=1S/C18H37N.CN/c1-3-5-6-7-8-9-10-11-15-19-16-13-18(12-4-2)14-17-19;1-2/h18H,3-17H2,1-2H3;/q;-1/p+1. The Labute approximate surface area is 133 Å². The molecule has 1 N–H and O–H groups in total. The lowest BCUT2D eigenvalue weighted by molar-refractivity contribution is -0.906. The summed E-state index contributed by atoms with van der Waals surface area (Å²) in [5.74, 6) is 1.06. The molecule has 0 aromatic rings. The molecule has 124 valence electrons. The van der Waals surface area contributed by atoms with Crippen molar-refractivity contribution in [3.63, 3.8) is 0 Å². The molecule has 1 fully saturated rings. The average Bonchev–Trinajstić information content (AvgIpc) is 2.54. The van der Waals surface area contributed by atoms with E-state index in [1.54, 1.807) is 0 Å². The number of nitrogens with one attached hydrogen (secondary N) is 1. The fraction of sp³-hybridized carbons (Fsp3) is 0.947. The van der Waals surface area contributed by atoms with Crippen LogP contribution in [0.5, 0.6) is 0 Å². The van der Waals surface area contributed by atoms with E-state index in [0.717, 1.165) is 5.92 Å². The van der Waals surface area contributed by atoms with Gasteiger partial charge in [-0.2, -0.15) is 0 Å². The van der Waals surface area contributed by atoms with E-state index < -0.39 is 0 Å². The molecule has 0 aliphatic carbocycles. The summed E-state index contributed by atoms with van der Waals surface area (Å²) in [6.45, 7) is 13.8. The van der Waals surface area contributed by atoms with Crippen LogP contribution in [-0.2, 0) is 0 Å². The highest BCUT2D eigenvalue weighted by Crippen LogP contribution is 2.15. The Hall–Kier alpha value is -0.550. The number of rotatable bonds is 11. The predicted octanol–water partition coefficient (Wildman–Crippen LogP) is 4.32. The van der Waals surface area contributed by atoms with Gasteiger partial charge < -0.3 is 16.7 Å². The van der Waals surface area contributed by atoms with Gasteiger partial charge in [0.05, 0.1) is 19.6 Å². The number of hydrogen-bond donors (Lipinski definition) is 1. The maximum absolute atomic E-state index is 6.25. The van der Waals surface area contributed by atoms with Gasteiger partial charge in [0, 0.05) is 0 Å². The zero-order valence-corrected chi connectivity index (χ0v) is 14.6. The van der Waals surface area contributed by atoms with Crippen LogP contribution in [0.15, 0.2) is 0 Å². The van der Waals surface area contributed by atoms with Gasteiger partial charge in [-0.25, -0.2) is 0 Å². The zero-order valence-electron chi connectivity index (χ0n) is 14.6. The second-order valence-corrected chi connectivity index (χ2v) is 6.71. The van der Waals surface area contributed by atoms with Crippen LogP contribution in [0.1, 0.15) is 90.9 Å². The summed E-state index contributed by atoms with van der Waals surface area (Å²) in [5, 5.41) is 6.25. The van der Waals surface area contributed by atoms with Crippen molar-refractivity contribution in [2.45, 2.75) is 90.9 Å². The molecule has 0 spiro atoms. The van der Waals surface area contributed by atoms with Crippen molar-refractivity contribution in [1.82, 2.24) is 0 Å². The van der Waals surface area contributed by atoms with Gasteiger partial charge in [0.2, 0.25) is 0 Å². The van der Waals surface area contributed by atoms with Crippen LogP contribution >= 0.6 is 0 Å². The molecule has 0 atom stereocenters. The molecule has 0 radical (unpaired) electrons. The lowest BCUT2D eigenvalue weighted by atomic mass is 9.92. The molecule has 2 nitrogen and oxygen atoms in total. The quantitative estimate of drug-likeness (QED) is 0.446. The third-order valence-corrected chi connectivity index (χ3v) is 4.89. The van der Waals surface area contributed by atoms with Crippen LogP contribution in [0.4, 0.5) is 0 Å². The highest BCUT2D eigenvalue weighted by molar-refractivity contribution is 4.61. The van der Waals surface area contributed by atoms with Gasteiger partial charge in [0.25, 0.3) is 0 Å². The third-order valence-electron chi connectivity index (χ3n) is 4.89. The number of nitrogens with zero attached hydrogens (tertiary/aromatic N) is 1. The largest absolute Gasteiger partial charge is 0.512 e. The maximum atomic E-state index is 6.25. The SMILES string of the molecule is CCCCCCCCCC[NH+]1CCC(CCC)CC1.[C-]#N. The van der Waals surface area contributed by atoms with Gasteiger partial charge in [-0.3, -0.25) is 0 Å². The van der Waals surface area contributed by atoms with Crippen LogP contribution in [0.25, 0.3) is 0 Å². The molecule has 1 heterocycles. The Balaban J connectivity index is 0.00000191. The molecule has 0 unspecified atom stereocenters. The summed E-state index contributed by atoms with van der Waals surface area (Å²) in [6.07, 6.45) is 17.5. The van der Waals surface area contributed by atoms with Crippen LogP contribution in [-0.4, -0.2) is 19.6 Å². The first kappa shape index (κ1) is 20.5. The smallest absolute Gasteiger partial charge is 0.0773 e. The highest BCUT2D eigenvalue weighted by Gasteiger charge is 2.20. The second kappa shape index (κ2) is 15.8. The fourth-order valence-electron chi connectivity index (χ4n) is 3.54. The van der Waals surface area contributed by atoms with Crippen LogP contribution in [0.3, 0.4) is 0 Å². The first-order chi connectivity index (χ1) is 10.4. The molecule has 0 aromatic carbocycles. The van der Waals surface area contributed by atoms with E-state index in [-0.39, 0.29) is 0 Å². The summed E-state index contributed by atoms with van der Waals surface area (Å²) in [6, 6.07) is 0. The molecule has 1 saturated heterocycles. The molecule has 0 bridgehead atoms. The Morgan fingerprint density at radius 3 is 1.86 bits per heavy atom. The van der Waals surface area contributed by atoms with Gasteiger partial charge in [0.15, 0.2) is 0 Å². The van der Waals surface area contributed by atoms with Gasteiger partial charge in [-0.15, -0.1) is 0 Å². The highest BCUT2D eigenvalue weighted by atomic mass is 15.1. The van der Waals surface area contributed by atoms with Crippen molar-refractivity contribution in [2.24, 2.45) is 5.92 Å². The number of unbranched alkanes of at least 4 members (excludes halogenated alkanes) is 7. The minimum absolute atomic E-state index is 1.06. The van der Waals surface area contributed by atoms with Crippen LogP contribution in [0, 0.1) is 17.8 Å². The molecule has 0 aromatic heterocycles. The molecule has 1 aliphatic heterocycles. The van der Waals surface area contributed by atoms with E-state index in [1.165, 1.54) is 96.7 Å². The van der Waals surface area contributed by atoms with E-state index in [9.17, 15) is 0 Å². The molecule has 0 amide bonds. The first-order valence-electron chi connectivity index (χ1n) is 9.42. The summed E-state index contributed by atoms with van der Waals surface area (Å²) in [7, 11) is 0. The summed E-state index contributed by atoms with van der Waals surface area (Å²) < 4.78 is 0. The van der Waals surface area contributed by atoms with Crippen molar-refractivity contribution >= 4 is 0 Å². The Bertz CT molecular complexity index is 217. The average molecular weight is 295 g/mol. The lowest BCUT2D eigenvalue weighted by Gasteiger charge is -2.29.